The third kappa shape index (κ3) is 3.76. The van der Waals surface area contributed by atoms with E-state index < -0.39 is 0 Å². The fraction of sp³-hybridized carbons (Fsp3) is 0.444. The highest BCUT2D eigenvalue weighted by Crippen LogP contribution is 2.23. The minimum atomic E-state index is 0.266. The average molecular weight is 344 g/mol. The van der Waals surface area contributed by atoms with E-state index in [1.165, 1.54) is 5.56 Å². The molecule has 128 valence electrons. The first-order valence-electron chi connectivity index (χ1n) is 8.34. The Labute approximate surface area is 148 Å². The van der Waals surface area contributed by atoms with Gasteiger partial charge in [0, 0.05) is 13.2 Å². The Balaban J connectivity index is 1.69. The summed E-state index contributed by atoms with van der Waals surface area (Å²) in [6.45, 7) is 7.72. The quantitative estimate of drug-likeness (QED) is 0.834. The van der Waals surface area contributed by atoms with Crippen molar-refractivity contribution in [3.63, 3.8) is 0 Å². The van der Waals surface area contributed by atoms with Crippen molar-refractivity contribution in [1.82, 2.24) is 15.1 Å². The van der Waals surface area contributed by atoms with Gasteiger partial charge in [-0.25, -0.2) is 4.68 Å². The number of benzene rings is 1. The van der Waals surface area contributed by atoms with Crippen molar-refractivity contribution in [3.05, 3.63) is 41.2 Å². The lowest BCUT2D eigenvalue weighted by atomic mass is 10.2. The van der Waals surface area contributed by atoms with E-state index in [9.17, 15) is 0 Å². The molecule has 0 bridgehead atoms. The van der Waals surface area contributed by atoms with E-state index in [0.29, 0.717) is 5.11 Å². The Morgan fingerprint density at radius 1 is 1.29 bits per heavy atom. The fourth-order valence-corrected chi connectivity index (χ4v) is 3.12. The van der Waals surface area contributed by atoms with Crippen molar-refractivity contribution in [2.45, 2.75) is 39.7 Å². The van der Waals surface area contributed by atoms with Gasteiger partial charge in [0.1, 0.15) is 0 Å². The molecule has 2 heterocycles. The smallest absolute Gasteiger partial charge is 0.170 e. The lowest BCUT2D eigenvalue weighted by molar-refractivity contribution is 0.114. The molecule has 2 aromatic rings. The molecule has 5 nitrogen and oxygen atoms in total. The summed E-state index contributed by atoms with van der Waals surface area (Å²) in [4.78, 5) is 0. The molecule has 24 heavy (non-hydrogen) atoms. The second-order valence-corrected chi connectivity index (χ2v) is 6.67. The maximum absolute atomic E-state index is 5.61. The molecular weight excluding hydrogens is 320 g/mol. The molecule has 1 aliphatic heterocycles. The Morgan fingerprint density at radius 3 is 2.71 bits per heavy atom. The Hall–Kier alpha value is -1.92. The van der Waals surface area contributed by atoms with Gasteiger partial charge < -0.3 is 15.4 Å². The van der Waals surface area contributed by atoms with E-state index in [2.05, 4.69) is 46.9 Å². The van der Waals surface area contributed by atoms with Crippen LogP contribution in [0.15, 0.2) is 24.3 Å². The SMILES string of the molecule is Cc1ccc(-n2nc(C)c(NC(=S)NC[C@H]3CCCO3)c2C)cc1. The zero-order chi connectivity index (χ0) is 17.1. The zero-order valence-electron chi connectivity index (χ0n) is 14.4. The molecule has 2 N–H and O–H groups in total. The second-order valence-electron chi connectivity index (χ2n) is 6.26. The molecule has 1 fully saturated rings. The first-order valence-corrected chi connectivity index (χ1v) is 8.75. The third-order valence-electron chi connectivity index (χ3n) is 4.32. The summed E-state index contributed by atoms with van der Waals surface area (Å²) in [6, 6.07) is 8.33. The standard InChI is InChI=1S/C18H24N4OS/c1-12-6-8-15(9-7-12)22-14(3)17(13(2)21-22)20-18(24)19-11-16-5-4-10-23-16/h6-9,16H,4-5,10-11H2,1-3H3,(H2,19,20,24)/t16-/m1/s1. The molecule has 1 atom stereocenters. The number of nitrogens with one attached hydrogen (secondary N) is 2. The molecule has 1 aromatic carbocycles. The number of rotatable bonds is 4. The number of hydrogen-bond acceptors (Lipinski definition) is 3. The lowest BCUT2D eigenvalue weighted by Crippen LogP contribution is -2.35. The van der Waals surface area contributed by atoms with Crippen LogP contribution in [0.5, 0.6) is 0 Å². The minimum Gasteiger partial charge on any atom is -0.376 e. The zero-order valence-corrected chi connectivity index (χ0v) is 15.2. The fourth-order valence-electron chi connectivity index (χ4n) is 2.93. The number of hydrogen-bond donors (Lipinski definition) is 2. The van der Waals surface area contributed by atoms with Crippen LogP contribution in [0.3, 0.4) is 0 Å². The normalized spacial score (nSPS) is 17.0. The van der Waals surface area contributed by atoms with E-state index in [4.69, 9.17) is 17.0 Å². The maximum atomic E-state index is 5.61. The van der Waals surface area contributed by atoms with Crippen molar-refractivity contribution in [2.75, 3.05) is 18.5 Å². The van der Waals surface area contributed by atoms with Crippen molar-refractivity contribution in [3.8, 4) is 5.69 Å². The van der Waals surface area contributed by atoms with Gasteiger partial charge in [-0.2, -0.15) is 5.10 Å². The molecule has 1 aromatic heterocycles. The van der Waals surface area contributed by atoms with Crippen LogP contribution in [0.1, 0.15) is 29.8 Å². The van der Waals surface area contributed by atoms with Crippen molar-refractivity contribution < 1.29 is 4.74 Å². The van der Waals surface area contributed by atoms with Crippen LogP contribution in [-0.2, 0) is 4.74 Å². The molecule has 0 spiro atoms. The van der Waals surface area contributed by atoms with Crippen LogP contribution in [0.2, 0.25) is 0 Å². The van der Waals surface area contributed by atoms with Gasteiger partial charge in [0.2, 0.25) is 0 Å². The first-order chi connectivity index (χ1) is 11.5. The first kappa shape index (κ1) is 16.9. The molecule has 1 saturated heterocycles. The van der Waals surface area contributed by atoms with Crippen LogP contribution >= 0.6 is 12.2 Å². The van der Waals surface area contributed by atoms with Crippen LogP contribution in [0.4, 0.5) is 5.69 Å². The van der Waals surface area contributed by atoms with E-state index in [1.807, 2.05) is 18.5 Å². The highest BCUT2D eigenvalue weighted by atomic mass is 32.1. The third-order valence-corrected chi connectivity index (χ3v) is 4.57. The van der Waals surface area contributed by atoms with Crippen LogP contribution in [-0.4, -0.2) is 34.1 Å². The number of aromatic nitrogens is 2. The van der Waals surface area contributed by atoms with E-state index in [0.717, 1.165) is 48.8 Å². The number of anilines is 1. The van der Waals surface area contributed by atoms with Gasteiger partial charge in [0.15, 0.2) is 5.11 Å². The van der Waals surface area contributed by atoms with Gasteiger partial charge >= 0.3 is 0 Å². The van der Waals surface area contributed by atoms with E-state index in [-0.39, 0.29) is 6.10 Å². The summed E-state index contributed by atoms with van der Waals surface area (Å²) in [5.74, 6) is 0. The molecule has 0 saturated carbocycles. The number of nitrogens with zero attached hydrogens (tertiary/aromatic N) is 2. The van der Waals surface area contributed by atoms with E-state index in [1.54, 1.807) is 0 Å². The van der Waals surface area contributed by atoms with Gasteiger partial charge in [0.05, 0.1) is 28.9 Å². The van der Waals surface area contributed by atoms with Gasteiger partial charge in [-0.05, 0) is 58.0 Å². The Kier molecular flexibility index (Phi) is 5.16. The Bertz CT molecular complexity index is 717. The molecule has 0 unspecified atom stereocenters. The summed E-state index contributed by atoms with van der Waals surface area (Å²) in [7, 11) is 0. The Morgan fingerprint density at radius 2 is 2.04 bits per heavy atom. The number of aryl methyl sites for hydroxylation is 2. The highest BCUT2D eigenvalue weighted by Gasteiger charge is 2.17. The summed E-state index contributed by atoms with van der Waals surface area (Å²) < 4.78 is 7.55. The van der Waals surface area contributed by atoms with E-state index >= 15 is 0 Å². The van der Waals surface area contributed by atoms with Gasteiger partial charge in [-0.1, -0.05) is 17.7 Å². The molecular formula is C18H24N4OS. The highest BCUT2D eigenvalue weighted by molar-refractivity contribution is 7.80. The maximum Gasteiger partial charge on any atom is 0.170 e. The monoisotopic (exact) mass is 344 g/mol. The predicted octanol–water partition coefficient (Wildman–Crippen LogP) is 3.26. The van der Waals surface area contributed by atoms with Crippen molar-refractivity contribution in [1.29, 1.82) is 0 Å². The summed E-state index contributed by atoms with van der Waals surface area (Å²) >= 11 is 5.42. The topological polar surface area (TPSA) is 51.1 Å². The molecule has 0 amide bonds. The van der Waals surface area contributed by atoms with Gasteiger partial charge in [-0.15, -0.1) is 0 Å². The van der Waals surface area contributed by atoms with Crippen LogP contribution in [0.25, 0.3) is 5.69 Å². The van der Waals surface area contributed by atoms with Crippen LogP contribution < -0.4 is 10.6 Å². The summed E-state index contributed by atoms with van der Waals surface area (Å²) in [6.07, 6.45) is 2.50. The van der Waals surface area contributed by atoms with Crippen LogP contribution in [0, 0.1) is 20.8 Å². The molecule has 0 aliphatic carbocycles. The van der Waals surface area contributed by atoms with Crippen molar-refractivity contribution >= 4 is 23.0 Å². The average Bonchev–Trinajstić information content (AvgIpc) is 3.17. The summed E-state index contributed by atoms with van der Waals surface area (Å²) in [5, 5.41) is 11.8. The second kappa shape index (κ2) is 7.32. The van der Waals surface area contributed by atoms with Gasteiger partial charge in [0.25, 0.3) is 0 Å². The molecule has 1 aliphatic rings. The largest absolute Gasteiger partial charge is 0.376 e. The molecule has 6 heteroatoms. The minimum absolute atomic E-state index is 0.266. The predicted molar refractivity (Wildman–Crippen MR) is 101 cm³/mol. The lowest BCUT2D eigenvalue weighted by Gasteiger charge is -2.14. The molecule has 3 rings (SSSR count). The molecule has 0 radical (unpaired) electrons. The van der Waals surface area contributed by atoms with Gasteiger partial charge in [-0.3, -0.25) is 0 Å². The van der Waals surface area contributed by atoms with Crippen molar-refractivity contribution in [2.24, 2.45) is 0 Å². The number of thiocarbonyl (C=S) groups is 1. The number of ether oxygens (including phenoxy) is 1. The summed E-state index contributed by atoms with van der Waals surface area (Å²) in [5.41, 5.74) is 5.21.